The van der Waals surface area contributed by atoms with E-state index < -0.39 is 24.1 Å². The van der Waals surface area contributed by atoms with Crippen molar-refractivity contribution in [3.8, 4) is 0 Å². The molecule has 0 aromatic carbocycles. The molecule has 0 amide bonds. The summed E-state index contributed by atoms with van der Waals surface area (Å²) in [6.07, 6.45) is 0. The molecule has 4 N–H and O–H groups in total. The quantitative estimate of drug-likeness (QED) is 0.390. The molecule has 0 rings (SSSR count). The molecule has 0 unspecified atom stereocenters. The van der Waals surface area contributed by atoms with Gasteiger partial charge in [-0.1, -0.05) is 13.8 Å². The Labute approximate surface area is 81.7 Å². The lowest BCUT2D eigenvalue weighted by Crippen LogP contribution is -2.58. The molecule has 6 heteroatoms. The first-order valence-corrected chi connectivity index (χ1v) is 4.15. The Balaban J connectivity index is 4.40. The minimum Gasteiger partial charge on any atom is -0.479 e. The number of rotatable bonds is 5. The minimum atomic E-state index is -2.35. The Morgan fingerprint density at radius 1 is 1.50 bits per heavy atom. The van der Waals surface area contributed by atoms with Gasteiger partial charge in [-0.2, -0.15) is 0 Å². The third-order valence-corrected chi connectivity index (χ3v) is 1.54. The van der Waals surface area contributed by atoms with E-state index >= 15 is 0 Å². The lowest BCUT2D eigenvalue weighted by Gasteiger charge is -2.20. The first-order valence-electron chi connectivity index (χ1n) is 4.15. The highest BCUT2D eigenvalue weighted by Crippen LogP contribution is 2.05. The number of aliphatic carboxylic acids is 1. The fourth-order valence-corrected chi connectivity index (χ4v) is 0.591. The normalized spacial score (nSPS) is 14.9. The second kappa shape index (κ2) is 4.92. The molecule has 14 heavy (non-hydrogen) atoms. The molecular formula is C8H15NO5. The predicted molar refractivity (Wildman–Crippen MR) is 47.4 cm³/mol. The summed E-state index contributed by atoms with van der Waals surface area (Å²) in [6, 6.07) is 0. The standard InChI is InChI=1S/C8H15NO5/c1-5(2)3-14-7(13)8(9,4-10)6(11)12/h5,10H,3-4,9H2,1-2H3,(H,11,12)/t8-/m1/s1. The van der Waals surface area contributed by atoms with Gasteiger partial charge in [0.15, 0.2) is 0 Å². The Bertz CT molecular complexity index is 228. The van der Waals surface area contributed by atoms with Gasteiger partial charge in [-0.3, -0.25) is 0 Å². The topological polar surface area (TPSA) is 110 Å². The second-order valence-electron chi connectivity index (χ2n) is 3.43. The smallest absolute Gasteiger partial charge is 0.340 e. The van der Waals surface area contributed by atoms with Crippen LogP contribution in [0.1, 0.15) is 13.8 Å². The zero-order valence-electron chi connectivity index (χ0n) is 8.19. The fourth-order valence-electron chi connectivity index (χ4n) is 0.591. The van der Waals surface area contributed by atoms with E-state index in [0.717, 1.165) is 0 Å². The molecule has 0 radical (unpaired) electrons. The molecule has 0 aliphatic carbocycles. The van der Waals surface area contributed by atoms with Crippen LogP contribution in [-0.4, -0.2) is 40.9 Å². The first kappa shape index (κ1) is 12.9. The highest BCUT2D eigenvalue weighted by Gasteiger charge is 2.43. The molecule has 6 nitrogen and oxygen atoms in total. The van der Waals surface area contributed by atoms with E-state index in [0.29, 0.717) is 0 Å². The number of hydrogen-bond donors (Lipinski definition) is 3. The lowest BCUT2D eigenvalue weighted by atomic mass is 10.0. The molecule has 0 spiro atoms. The van der Waals surface area contributed by atoms with Gasteiger partial charge in [0.05, 0.1) is 13.2 Å². The van der Waals surface area contributed by atoms with Gasteiger partial charge in [0.1, 0.15) is 0 Å². The van der Waals surface area contributed by atoms with Gasteiger partial charge >= 0.3 is 11.9 Å². The molecule has 82 valence electrons. The van der Waals surface area contributed by atoms with Gasteiger partial charge in [0.2, 0.25) is 5.54 Å². The van der Waals surface area contributed by atoms with E-state index in [4.69, 9.17) is 15.9 Å². The van der Waals surface area contributed by atoms with Crippen LogP contribution in [-0.2, 0) is 14.3 Å². The van der Waals surface area contributed by atoms with Crippen LogP contribution in [0.3, 0.4) is 0 Å². The second-order valence-corrected chi connectivity index (χ2v) is 3.43. The van der Waals surface area contributed by atoms with Crippen LogP contribution in [0.4, 0.5) is 0 Å². The molecular weight excluding hydrogens is 190 g/mol. The Kier molecular flexibility index (Phi) is 4.52. The number of carboxylic acids is 1. The third kappa shape index (κ3) is 2.97. The molecule has 1 atom stereocenters. The van der Waals surface area contributed by atoms with Crippen molar-refractivity contribution in [3.05, 3.63) is 0 Å². The summed E-state index contributed by atoms with van der Waals surface area (Å²) in [7, 11) is 0. The van der Waals surface area contributed by atoms with Gasteiger partial charge in [-0.25, -0.2) is 9.59 Å². The number of nitrogens with two attached hydrogens (primary N) is 1. The molecule has 0 heterocycles. The Hall–Kier alpha value is -1.14. The Morgan fingerprint density at radius 3 is 2.29 bits per heavy atom. The van der Waals surface area contributed by atoms with Crippen molar-refractivity contribution in [3.63, 3.8) is 0 Å². The lowest BCUT2D eigenvalue weighted by molar-refractivity contribution is -0.163. The van der Waals surface area contributed by atoms with Gasteiger partial charge in [0, 0.05) is 0 Å². The zero-order valence-corrected chi connectivity index (χ0v) is 8.19. The number of aliphatic hydroxyl groups is 1. The van der Waals surface area contributed by atoms with E-state index in [1.54, 1.807) is 13.8 Å². The predicted octanol–water partition coefficient (Wildman–Crippen LogP) is -1.04. The van der Waals surface area contributed by atoms with Crippen LogP contribution in [0.15, 0.2) is 0 Å². The van der Waals surface area contributed by atoms with Crippen molar-refractivity contribution in [1.82, 2.24) is 0 Å². The van der Waals surface area contributed by atoms with Gasteiger partial charge < -0.3 is 20.7 Å². The van der Waals surface area contributed by atoms with E-state index in [9.17, 15) is 9.59 Å². The number of carbonyl (C=O) groups excluding carboxylic acids is 1. The minimum absolute atomic E-state index is 0.0745. The fraction of sp³-hybridized carbons (Fsp3) is 0.750. The number of aliphatic hydroxyl groups excluding tert-OH is 1. The van der Waals surface area contributed by atoms with Crippen LogP contribution in [0, 0.1) is 5.92 Å². The van der Waals surface area contributed by atoms with Crippen molar-refractivity contribution < 1.29 is 24.5 Å². The number of carbonyl (C=O) groups is 2. The molecule has 0 aromatic rings. The summed E-state index contributed by atoms with van der Waals surface area (Å²) < 4.78 is 4.62. The van der Waals surface area contributed by atoms with Crippen molar-refractivity contribution in [2.75, 3.05) is 13.2 Å². The Morgan fingerprint density at radius 2 is 2.00 bits per heavy atom. The summed E-state index contributed by atoms with van der Waals surface area (Å²) in [4.78, 5) is 21.7. The van der Waals surface area contributed by atoms with Crippen molar-refractivity contribution >= 4 is 11.9 Å². The van der Waals surface area contributed by atoms with E-state index in [-0.39, 0.29) is 12.5 Å². The van der Waals surface area contributed by atoms with Crippen LogP contribution in [0.2, 0.25) is 0 Å². The summed E-state index contributed by atoms with van der Waals surface area (Å²) >= 11 is 0. The maximum atomic E-state index is 11.2. The van der Waals surface area contributed by atoms with E-state index in [1.165, 1.54) is 0 Å². The summed E-state index contributed by atoms with van der Waals surface area (Å²) in [5.41, 5.74) is 2.79. The summed E-state index contributed by atoms with van der Waals surface area (Å²) in [6.45, 7) is 2.68. The number of hydrogen-bond acceptors (Lipinski definition) is 5. The SMILES string of the molecule is CC(C)COC(=O)[C@@](N)(CO)C(=O)O. The van der Waals surface area contributed by atoms with Crippen molar-refractivity contribution in [2.45, 2.75) is 19.4 Å². The molecule has 0 fully saturated rings. The molecule has 0 bridgehead atoms. The van der Waals surface area contributed by atoms with Crippen LogP contribution in [0.25, 0.3) is 0 Å². The number of esters is 1. The summed E-state index contributed by atoms with van der Waals surface area (Å²) in [5.74, 6) is -2.65. The summed E-state index contributed by atoms with van der Waals surface area (Å²) in [5, 5.41) is 17.3. The molecule has 0 aliphatic rings. The zero-order chi connectivity index (χ0) is 11.4. The molecule has 0 saturated heterocycles. The van der Waals surface area contributed by atoms with Crippen LogP contribution >= 0.6 is 0 Å². The van der Waals surface area contributed by atoms with E-state index in [2.05, 4.69) is 4.74 Å². The number of carboxylic acid groups (broad SMARTS) is 1. The maximum absolute atomic E-state index is 11.2. The van der Waals surface area contributed by atoms with E-state index in [1.807, 2.05) is 0 Å². The van der Waals surface area contributed by atoms with Crippen LogP contribution in [0.5, 0.6) is 0 Å². The first-order chi connectivity index (χ1) is 6.34. The maximum Gasteiger partial charge on any atom is 0.340 e. The molecule has 0 aromatic heterocycles. The third-order valence-electron chi connectivity index (χ3n) is 1.54. The van der Waals surface area contributed by atoms with Gasteiger partial charge in [-0.15, -0.1) is 0 Å². The average Bonchev–Trinajstić information content (AvgIpc) is 2.12. The molecule has 0 saturated carbocycles. The largest absolute Gasteiger partial charge is 0.479 e. The highest BCUT2D eigenvalue weighted by atomic mass is 16.5. The van der Waals surface area contributed by atoms with Gasteiger partial charge in [0.25, 0.3) is 0 Å². The van der Waals surface area contributed by atoms with Gasteiger partial charge in [-0.05, 0) is 5.92 Å². The van der Waals surface area contributed by atoms with Crippen LogP contribution < -0.4 is 5.73 Å². The number of ether oxygens (including phenoxy) is 1. The highest BCUT2D eigenvalue weighted by molar-refractivity contribution is 6.04. The van der Waals surface area contributed by atoms with Crippen molar-refractivity contribution in [2.24, 2.45) is 11.7 Å². The average molecular weight is 205 g/mol. The van der Waals surface area contributed by atoms with Crippen molar-refractivity contribution in [1.29, 1.82) is 0 Å². The molecule has 0 aliphatic heterocycles. The monoisotopic (exact) mass is 205 g/mol.